The van der Waals surface area contributed by atoms with Gasteiger partial charge in [0.25, 0.3) is 11.8 Å². The lowest BCUT2D eigenvalue weighted by Crippen LogP contribution is -2.49. The number of aryl methyl sites for hydroxylation is 2. The molecule has 8 nitrogen and oxygen atoms in total. The molecule has 0 saturated carbocycles. The van der Waals surface area contributed by atoms with Gasteiger partial charge in [0, 0.05) is 37.4 Å². The van der Waals surface area contributed by atoms with Gasteiger partial charge in [-0.2, -0.15) is 5.10 Å². The fourth-order valence-corrected chi connectivity index (χ4v) is 3.63. The van der Waals surface area contributed by atoms with Gasteiger partial charge in [-0.05, 0) is 46.5 Å². The van der Waals surface area contributed by atoms with Gasteiger partial charge >= 0.3 is 0 Å². The largest absolute Gasteiger partial charge is 0.355 e. The number of likely N-dealkylation sites (tertiary alicyclic amines) is 1. The van der Waals surface area contributed by atoms with Crippen LogP contribution in [0.4, 0.5) is 0 Å². The molecule has 2 aromatic heterocycles. The fraction of sp³-hybridized carbons (Fsp3) is 0.500. The van der Waals surface area contributed by atoms with Crippen molar-refractivity contribution >= 4 is 11.8 Å². The molecule has 1 atom stereocenters. The summed E-state index contributed by atoms with van der Waals surface area (Å²) in [7, 11) is 0. The number of piperidine rings is 1. The van der Waals surface area contributed by atoms with Crippen molar-refractivity contribution < 1.29 is 14.1 Å². The van der Waals surface area contributed by atoms with Gasteiger partial charge < -0.3 is 14.7 Å². The highest BCUT2D eigenvalue weighted by molar-refractivity contribution is 5.94. The number of aromatic nitrogens is 3. The first-order valence-corrected chi connectivity index (χ1v) is 9.48. The molecule has 0 aliphatic carbocycles. The zero-order chi connectivity index (χ0) is 20.3. The van der Waals surface area contributed by atoms with Crippen LogP contribution in [-0.4, -0.2) is 50.8 Å². The number of carbonyl (C=O) groups is 2. The quantitative estimate of drug-likeness (QED) is 0.814. The number of amides is 2. The summed E-state index contributed by atoms with van der Waals surface area (Å²) in [4.78, 5) is 26.3. The van der Waals surface area contributed by atoms with E-state index in [0.29, 0.717) is 18.8 Å². The third kappa shape index (κ3) is 3.93. The first-order valence-electron chi connectivity index (χ1n) is 9.48. The zero-order valence-electron chi connectivity index (χ0n) is 16.7. The van der Waals surface area contributed by atoms with Gasteiger partial charge in [0.15, 0.2) is 11.5 Å². The molecule has 28 heavy (non-hydrogen) atoms. The number of hydrogen-bond acceptors (Lipinski definition) is 5. The SMILES string of the molecule is CC#CC(=O)NC1CCCN(C(=O)c2cc(-c3c(C)nn(CC)c3C)on2)C1. The van der Waals surface area contributed by atoms with Crippen LogP contribution in [0.5, 0.6) is 0 Å². The molecule has 2 amide bonds. The minimum Gasteiger partial charge on any atom is -0.355 e. The van der Waals surface area contributed by atoms with E-state index in [4.69, 9.17) is 4.52 Å². The Labute approximate surface area is 164 Å². The Morgan fingerprint density at radius 1 is 1.39 bits per heavy atom. The number of carbonyl (C=O) groups excluding carboxylic acids is 2. The fourth-order valence-electron chi connectivity index (χ4n) is 3.63. The predicted molar refractivity (Wildman–Crippen MR) is 103 cm³/mol. The Balaban J connectivity index is 1.74. The predicted octanol–water partition coefficient (Wildman–Crippen LogP) is 1.92. The second-order valence-electron chi connectivity index (χ2n) is 6.88. The summed E-state index contributed by atoms with van der Waals surface area (Å²) in [5.41, 5.74) is 2.95. The summed E-state index contributed by atoms with van der Waals surface area (Å²) in [6, 6.07) is 1.56. The van der Waals surface area contributed by atoms with Crippen LogP contribution in [0.25, 0.3) is 11.3 Å². The molecule has 148 valence electrons. The Morgan fingerprint density at radius 3 is 2.86 bits per heavy atom. The average molecular weight is 383 g/mol. The van der Waals surface area contributed by atoms with E-state index in [9.17, 15) is 9.59 Å². The summed E-state index contributed by atoms with van der Waals surface area (Å²) in [6.07, 6.45) is 1.63. The molecule has 1 unspecified atom stereocenters. The van der Waals surface area contributed by atoms with Crippen LogP contribution in [0.3, 0.4) is 0 Å². The molecule has 1 saturated heterocycles. The lowest BCUT2D eigenvalue weighted by atomic mass is 10.0. The summed E-state index contributed by atoms with van der Waals surface area (Å²) in [6.45, 7) is 9.34. The van der Waals surface area contributed by atoms with Crippen LogP contribution in [-0.2, 0) is 11.3 Å². The van der Waals surface area contributed by atoms with Gasteiger partial charge in [0.05, 0.1) is 11.3 Å². The third-order valence-corrected chi connectivity index (χ3v) is 4.94. The molecule has 1 N–H and O–H groups in total. The monoisotopic (exact) mass is 383 g/mol. The summed E-state index contributed by atoms with van der Waals surface area (Å²) >= 11 is 0. The van der Waals surface area contributed by atoms with E-state index >= 15 is 0 Å². The molecule has 8 heteroatoms. The molecule has 0 spiro atoms. The molecular formula is C20H25N5O3. The average Bonchev–Trinajstić information content (AvgIpc) is 3.25. The van der Waals surface area contributed by atoms with Crippen molar-refractivity contribution in [1.82, 2.24) is 25.2 Å². The lowest BCUT2D eigenvalue weighted by Gasteiger charge is -2.32. The van der Waals surface area contributed by atoms with E-state index in [0.717, 1.165) is 36.3 Å². The molecule has 0 bridgehead atoms. The van der Waals surface area contributed by atoms with Crippen molar-refractivity contribution in [3.63, 3.8) is 0 Å². The van der Waals surface area contributed by atoms with Gasteiger partial charge in [-0.25, -0.2) is 0 Å². The minimum atomic E-state index is -0.315. The molecule has 1 aliphatic heterocycles. The second kappa shape index (κ2) is 8.30. The molecule has 1 fully saturated rings. The Kier molecular flexibility index (Phi) is 5.83. The van der Waals surface area contributed by atoms with Crippen molar-refractivity contribution in [2.24, 2.45) is 0 Å². The van der Waals surface area contributed by atoms with E-state index < -0.39 is 0 Å². The van der Waals surface area contributed by atoms with Crippen LogP contribution in [0.15, 0.2) is 10.6 Å². The minimum absolute atomic E-state index is 0.107. The molecular weight excluding hydrogens is 358 g/mol. The highest BCUT2D eigenvalue weighted by atomic mass is 16.5. The molecule has 1 aliphatic rings. The van der Waals surface area contributed by atoms with E-state index in [2.05, 4.69) is 27.4 Å². The van der Waals surface area contributed by atoms with Crippen LogP contribution >= 0.6 is 0 Å². The summed E-state index contributed by atoms with van der Waals surface area (Å²) in [5.74, 6) is 5.07. The maximum absolute atomic E-state index is 12.9. The molecule has 0 aromatic carbocycles. The van der Waals surface area contributed by atoms with Crippen molar-refractivity contribution in [1.29, 1.82) is 0 Å². The molecule has 3 rings (SSSR count). The van der Waals surface area contributed by atoms with Crippen LogP contribution in [0.1, 0.15) is 48.6 Å². The van der Waals surface area contributed by atoms with Crippen molar-refractivity contribution in [2.75, 3.05) is 13.1 Å². The third-order valence-electron chi connectivity index (χ3n) is 4.94. The van der Waals surface area contributed by atoms with Crippen molar-refractivity contribution in [3.8, 4) is 23.2 Å². The maximum atomic E-state index is 12.9. The standard InChI is InChI=1S/C20H25N5O3/c1-5-8-18(26)21-15-9-7-10-24(12-15)20(27)16-11-17(28-23-16)19-13(3)22-25(6-2)14(19)4/h11,15H,6-7,9-10,12H2,1-4H3,(H,21,26). The highest BCUT2D eigenvalue weighted by Gasteiger charge is 2.28. The van der Waals surface area contributed by atoms with Gasteiger partial charge in [0.1, 0.15) is 0 Å². The van der Waals surface area contributed by atoms with E-state index in [1.54, 1.807) is 17.9 Å². The van der Waals surface area contributed by atoms with Crippen LogP contribution < -0.4 is 5.32 Å². The normalized spacial score (nSPS) is 16.4. The van der Waals surface area contributed by atoms with E-state index in [1.807, 2.05) is 25.5 Å². The van der Waals surface area contributed by atoms with Crippen LogP contribution in [0.2, 0.25) is 0 Å². The molecule has 0 radical (unpaired) electrons. The lowest BCUT2D eigenvalue weighted by molar-refractivity contribution is -0.116. The summed E-state index contributed by atoms with van der Waals surface area (Å²) in [5, 5.41) is 11.3. The maximum Gasteiger partial charge on any atom is 0.296 e. The Morgan fingerprint density at radius 2 is 2.18 bits per heavy atom. The number of hydrogen-bond donors (Lipinski definition) is 1. The molecule has 3 heterocycles. The van der Waals surface area contributed by atoms with Gasteiger partial charge in [0.2, 0.25) is 0 Å². The second-order valence-corrected chi connectivity index (χ2v) is 6.88. The smallest absolute Gasteiger partial charge is 0.296 e. The van der Waals surface area contributed by atoms with Gasteiger partial charge in [-0.3, -0.25) is 14.3 Å². The number of nitrogens with one attached hydrogen (secondary N) is 1. The van der Waals surface area contributed by atoms with Crippen LogP contribution in [0, 0.1) is 25.7 Å². The highest BCUT2D eigenvalue weighted by Crippen LogP contribution is 2.28. The topological polar surface area (TPSA) is 93.3 Å². The first kappa shape index (κ1) is 19.7. The van der Waals surface area contributed by atoms with E-state index in [-0.39, 0.29) is 23.6 Å². The zero-order valence-corrected chi connectivity index (χ0v) is 16.7. The van der Waals surface area contributed by atoms with E-state index in [1.165, 1.54) is 0 Å². The van der Waals surface area contributed by atoms with Gasteiger partial charge in [-0.1, -0.05) is 11.1 Å². The number of rotatable bonds is 4. The van der Waals surface area contributed by atoms with Gasteiger partial charge in [-0.15, -0.1) is 0 Å². The number of nitrogens with zero attached hydrogens (tertiary/aromatic N) is 4. The summed E-state index contributed by atoms with van der Waals surface area (Å²) < 4.78 is 7.36. The van der Waals surface area contributed by atoms with Crippen molar-refractivity contribution in [3.05, 3.63) is 23.1 Å². The first-order chi connectivity index (χ1) is 13.4. The molecule has 2 aromatic rings. The van der Waals surface area contributed by atoms with Crippen molar-refractivity contribution in [2.45, 2.75) is 53.1 Å². The Bertz CT molecular complexity index is 947. The Hall–Kier alpha value is -3.08.